The largest absolute Gasteiger partial charge is 0.493 e. The number of aromatic nitrogens is 2. The van der Waals surface area contributed by atoms with Gasteiger partial charge in [0.2, 0.25) is 0 Å². The highest BCUT2D eigenvalue weighted by atomic mass is 16.5. The van der Waals surface area contributed by atoms with Crippen LogP contribution >= 0.6 is 0 Å². The van der Waals surface area contributed by atoms with Crippen LogP contribution in [-0.2, 0) is 13.0 Å². The van der Waals surface area contributed by atoms with Crippen molar-refractivity contribution in [1.82, 2.24) is 14.9 Å². The zero-order valence-corrected chi connectivity index (χ0v) is 20.5. The number of imidazole rings is 1. The predicted molar refractivity (Wildman–Crippen MR) is 138 cm³/mol. The summed E-state index contributed by atoms with van der Waals surface area (Å²) in [6.45, 7) is 10.2. The van der Waals surface area contributed by atoms with Crippen molar-refractivity contribution in [3.8, 4) is 5.75 Å². The summed E-state index contributed by atoms with van der Waals surface area (Å²) < 4.78 is 8.31. The summed E-state index contributed by atoms with van der Waals surface area (Å²) in [5, 5.41) is 3.06. The molecule has 1 N–H and O–H groups in total. The number of benzene rings is 3. The van der Waals surface area contributed by atoms with Crippen LogP contribution < -0.4 is 10.1 Å². The fourth-order valence-electron chi connectivity index (χ4n) is 4.30. The summed E-state index contributed by atoms with van der Waals surface area (Å²) in [6, 6.07) is 20.3. The van der Waals surface area contributed by atoms with Gasteiger partial charge in [-0.05, 0) is 75.1 Å². The second-order valence-corrected chi connectivity index (χ2v) is 8.89. The average molecular weight is 456 g/mol. The van der Waals surface area contributed by atoms with Crippen LogP contribution in [0.5, 0.6) is 5.75 Å². The van der Waals surface area contributed by atoms with Crippen molar-refractivity contribution in [2.75, 3.05) is 13.2 Å². The van der Waals surface area contributed by atoms with Crippen molar-refractivity contribution in [2.45, 2.75) is 47.1 Å². The minimum Gasteiger partial charge on any atom is -0.493 e. The SMILES string of the molecule is Cc1ccc(C(=O)NCCc2nc3ccccc3n2CCCOc2cccc(C)c2C)c(C)c1. The Morgan fingerprint density at radius 1 is 0.971 bits per heavy atom. The van der Waals surface area contributed by atoms with Crippen LogP contribution in [0.3, 0.4) is 0 Å². The molecule has 4 rings (SSSR count). The molecule has 0 bridgehead atoms. The molecule has 0 aliphatic heterocycles. The lowest BCUT2D eigenvalue weighted by Crippen LogP contribution is -2.27. The first kappa shape index (κ1) is 23.6. The fourth-order valence-corrected chi connectivity index (χ4v) is 4.30. The van der Waals surface area contributed by atoms with Gasteiger partial charge in [0.05, 0.1) is 17.6 Å². The predicted octanol–water partition coefficient (Wildman–Crippen LogP) is 5.71. The maximum atomic E-state index is 12.7. The first-order chi connectivity index (χ1) is 16.4. The third kappa shape index (κ3) is 5.30. The molecule has 0 fully saturated rings. The van der Waals surface area contributed by atoms with Crippen LogP contribution in [0.25, 0.3) is 11.0 Å². The van der Waals surface area contributed by atoms with E-state index in [0.29, 0.717) is 19.6 Å². The van der Waals surface area contributed by atoms with Gasteiger partial charge in [0, 0.05) is 25.1 Å². The molecule has 0 atom stereocenters. The number of hydrogen-bond donors (Lipinski definition) is 1. The minimum absolute atomic E-state index is 0.0397. The van der Waals surface area contributed by atoms with Gasteiger partial charge in [-0.1, -0.05) is 42.0 Å². The van der Waals surface area contributed by atoms with E-state index < -0.39 is 0 Å². The van der Waals surface area contributed by atoms with Gasteiger partial charge in [-0.15, -0.1) is 0 Å². The third-order valence-corrected chi connectivity index (χ3v) is 6.33. The zero-order chi connectivity index (χ0) is 24.1. The molecule has 1 amide bonds. The summed E-state index contributed by atoms with van der Waals surface area (Å²) >= 11 is 0. The van der Waals surface area contributed by atoms with E-state index >= 15 is 0 Å². The Bertz CT molecular complexity index is 1310. The lowest BCUT2D eigenvalue weighted by Gasteiger charge is -2.13. The zero-order valence-electron chi connectivity index (χ0n) is 20.5. The number of ether oxygens (including phenoxy) is 1. The number of rotatable bonds is 9. The maximum Gasteiger partial charge on any atom is 0.251 e. The second-order valence-electron chi connectivity index (χ2n) is 8.89. The lowest BCUT2D eigenvalue weighted by atomic mass is 10.1. The van der Waals surface area contributed by atoms with Crippen molar-refractivity contribution in [3.05, 3.63) is 94.3 Å². The van der Waals surface area contributed by atoms with Crippen molar-refractivity contribution < 1.29 is 9.53 Å². The van der Waals surface area contributed by atoms with Crippen LogP contribution in [0.15, 0.2) is 60.7 Å². The number of carbonyl (C=O) groups is 1. The van der Waals surface area contributed by atoms with Gasteiger partial charge in [0.25, 0.3) is 5.91 Å². The van der Waals surface area contributed by atoms with Crippen LogP contribution in [0, 0.1) is 27.7 Å². The van der Waals surface area contributed by atoms with Gasteiger partial charge in [-0.2, -0.15) is 0 Å². The van der Waals surface area contributed by atoms with Crippen molar-refractivity contribution in [1.29, 1.82) is 0 Å². The Labute approximate surface area is 201 Å². The molecule has 0 spiro atoms. The first-order valence-electron chi connectivity index (χ1n) is 11.9. The second kappa shape index (κ2) is 10.6. The normalized spacial score (nSPS) is 11.1. The number of fused-ring (bicyclic) bond motifs is 1. The van der Waals surface area contributed by atoms with Gasteiger partial charge in [0.1, 0.15) is 11.6 Å². The molecule has 4 aromatic rings. The van der Waals surface area contributed by atoms with Crippen molar-refractivity contribution >= 4 is 16.9 Å². The number of aryl methyl sites for hydroxylation is 4. The number of hydrogen-bond acceptors (Lipinski definition) is 3. The molecule has 5 nitrogen and oxygen atoms in total. The number of para-hydroxylation sites is 2. The van der Waals surface area contributed by atoms with Crippen LogP contribution in [0.4, 0.5) is 0 Å². The highest BCUT2D eigenvalue weighted by Crippen LogP contribution is 2.21. The number of carbonyl (C=O) groups excluding carboxylic acids is 1. The van der Waals surface area contributed by atoms with E-state index in [0.717, 1.165) is 52.3 Å². The third-order valence-electron chi connectivity index (χ3n) is 6.33. The minimum atomic E-state index is -0.0397. The standard InChI is InChI=1S/C29H33N3O2/c1-20-13-14-24(22(3)19-20)29(33)30-16-15-28-31-25-10-5-6-11-26(25)32(28)17-8-18-34-27-12-7-9-21(2)23(27)4/h5-7,9-14,19H,8,15-18H2,1-4H3,(H,30,33). The van der Waals surface area contributed by atoms with E-state index in [4.69, 9.17) is 9.72 Å². The molecule has 0 aliphatic carbocycles. The van der Waals surface area contributed by atoms with Gasteiger partial charge < -0.3 is 14.6 Å². The molecule has 0 radical (unpaired) electrons. The summed E-state index contributed by atoms with van der Waals surface area (Å²) in [5.74, 6) is 1.89. The number of amides is 1. The summed E-state index contributed by atoms with van der Waals surface area (Å²) in [7, 11) is 0. The maximum absolute atomic E-state index is 12.7. The molecular weight excluding hydrogens is 422 g/mol. The molecule has 0 aliphatic rings. The van der Waals surface area contributed by atoms with E-state index in [1.54, 1.807) is 0 Å². The Morgan fingerprint density at radius 2 is 1.79 bits per heavy atom. The van der Waals surface area contributed by atoms with Crippen LogP contribution in [-0.4, -0.2) is 28.6 Å². The summed E-state index contributed by atoms with van der Waals surface area (Å²) in [5.41, 5.74) is 7.40. The highest BCUT2D eigenvalue weighted by molar-refractivity contribution is 5.95. The quantitative estimate of drug-likeness (QED) is 0.329. The fraction of sp³-hybridized carbons (Fsp3) is 0.310. The lowest BCUT2D eigenvalue weighted by molar-refractivity contribution is 0.0953. The molecule has 1 heterocycles. The Kier molecular flexibility index (Phi) is 7.31. The van der Waals surface area contributed by atoms with Gasteiger partial charge in [-0.25, -0.2) is 4.98 Å². The van der Waals surface area contributed by atoms with Crippen LogP contribution in [0.2, 0.25) is 0 Å². The van der Waals surface area contributed by atoms with E-state index in [9.17, 15) is 4.79 Å². The number of nitrogens with zero attached hydrogens (tertiary/aromatic N) is 2. The van der Waals surface area contributed by atoms with Gasteiger partial charge in [-0.3, -0.25) is 4.79 Å². The highest BCUT2D eigenvalue weighted by Gasteiger charge is 2.13. The summed E-state index contributed by atoms with van der Waals surface area (Å²) in [6.07, 6.45) is 1.54. The molecule has 176 valence electrons. The molecule has 0 saturated heterocycles. The molecule has 0 unspecified atom stereocenters. The van der Waals surface area contributed by atoms with Gasteiger partial charge in [0.15, 0.2) is 0 Å². The van der Waals surface area contributed by atoms with Crippen molar-refractivity contribution in [3.63, 3.8) is 0 Å². The van der Waals surface area contributed by atoms with E-state index in [1.165, 1.54) is 11.1 Å². The Hall–Kier alpha value is -3.60. The van der Waals surface area contributed by atoms with E-state index in [1.807, 2.05) is 62.4 Å². The molecule has 34 heavy (non-hydrogen) atoms. The molecule has 0 saturated carbocycles. The first-order valence-corrected chi connectivity index (χ1v) is 11.9. The van der Waals surface area contributed by atoms with Crippen LogP contribution in [0.1, 0.15) is 44.9 Å². The smallest absolute Gasteiger partial charge is 0.251 e. The number of nitrogens with one attached hydrogen (secondary N) is 1. The summed E-state index contributed by atoms with van der Waals surface area (Å²) in [4.78, 5) is 17.5. The van der Waals surface area contributed by atoms with E-state index in [2.05, 4.69) is 35.9 Å². The van der Waals surface area contributed by atoms with Gasteiger partial charge >= 0.3 is 0 Å². The topological polar surface area (TPSA) is 56.2 Å². The Morgan fingerprint density at radius 3 is 2.62 bits per heavy atom. The molecular formula is C29H33N3O2. The molecule has 5 heteroatoms. The Balaban J connectivity index is 1.39. The van der Waals surface area contributed by atoms with E-state index in [-0.39, 0.29) is 5.91 Å². The average Bonchev–Trinajstić information content (AvgIpc) is 3.16. The molecule has 3 aromatic carbocycles. The van der Waals surface area contributed by atoms with Crippen molar-refractivity contribution in [2.24, 2.45) is 0 Å². The monoisotopic (exact) mass is 455 g/mol. The molecule has 1 aromatic heterocycles.